The SMILES string of the molecule is CC(C)CN(CC(C)C)c1ccc(C2(C#N)CCCC2)cc1NC(=O)Nc1ccc(F)cc1F. The van der Waals surface area contributed by atoms with Gasteiger partial charge in [0.2, 0.25) is 0 Å². The molecule has 2 amide bonds. The number of carbonyl (C=O) groups is 1. The number of anilines is 3. The highest BCUT2D eigenvalue weighted by atomic mass is 19.1. The summed E-state index contributed by atoms with van der Waals surface area (Å²) in [5, 5.41) is 15.3. The van der Waals surface area contributed by atoms with Crippen LogP contribution in [0.5, 0.6) is 0 Å². The lowest BCUT2D eigenvalue weighted by Crippen LogP contribution is -2.33. The predicted molar refractivity (Wildman–Crippen MR) is 133 cm³/mol. The van der Waals surface area contributed by atoms with Gasteiger partial charge in [-0.2, -0.15) is 5.26 Å². The van der Waals surface area contributed by atoms with E-state index in [0.717, 1.165) is 62.2 Å². The quantitative estimate of drug-likeness (QED) is 0.436. The van der Waals surface area contributed by atoms with E-state index in [9.17, 15) is 18.8 Å². The molecule has 0 spiro atoms. The molecule has 0 aliphatic heterocycles. The van der Waals surface area contributed by atoms with Crippen molar-refractivity contribution in [2.75, 3.05) is 28.6 Å². The van der Waals surface area contributed by atoms with Crippen LogP contribution in [0.15, 0.2) is 36.4 Å². The summed E-state index contributed by atoms with van der Waals surface area (Å²) in [7, 11) is 0. The maximum atomic E-state index is 14.1. The summed E-state index contributed by atoms with van der Waals surface area (Å²) in [6.07, 6.45) is 3.57. The van der Waals surface area contributed by atoms with E-state index in [4.69, 9.17) is 0 Å². The second kappa shape index (κ2) is 10.9. The van der Waals surface area contributed by atoms with E-state index < -0.39 is 23.1 Å². The van der Waals surface area contributed by atoms with Crippen LogP contribution in [0.4, 0.5) is 30.6 Å². The molecule has 2 aromatic carbocycles. The highest BCUT2D eigenvalue weighted by Crippen LogP contribution is 2.43. The van der Waals surface area contributed by atoms with Crippen molar-refractivity contribution in [1.82, 2.24) is 0 Å². The van der Waals surface area contributed by atoms with Crippen LogP contribution < -0.4 is 15.5 Å². The van der Waals surface area contributed by atoms with Gasteiger partial charge in [0.25, 0.3) is 0 Å². The molecule has 0 radical (unpaired) electrons. The Kier molecular flexibility index (Phi) is 8.14. The van der Waals surface area contributed by atoms with Gasteiger partial charge in [-0.05, 0) is 54.5 Å². The smallest absolute Gasteiger partial charge is 0.323 e. The summed E-state index contributed by atoms with van der Waals surface area (Å²) in [6.45, 7) is 10.2. The third kappa shape index (κ3) is 6.05. The molecule has 1 aliphatic carbocycles. The number of hydrogen-bond donors (Lipinski definition) is 2. The molecule has 1 saturated carbocycles. The van der Waals surface area contributed by atoms with Gasteiger partial charge in [-0.3, -0.25) is 0 Å². The van der Waals surface area contributed by atoms with Crippen molar-refractivity contribution < 1.29 is 13.6 Å². The van der Waals surface area contributed by atoms with Crippen LogP contribution in [0, 0.1) is 34.8 Å². The standard InChI is InChI=1S/C27H34F2N4O/c1-18(2)15-33(16-19(3)4)25-10-7-20(27(17-30)11-5-6-12-27)13-24(25)32-26(34)31-23-9-8-21(28)14-22(23)29/h7-10,13-14,18-19H,5-6,11-12,15-16H2,1-4H3,(H2,31,32,34). The molecule has 7 heteroatoms. The molecule has 34 heavy (non-hydrogen) atoms. The first kappa shape index (κ1) is 25.5. The Morgan fingerprint density at radius 2 is 1.62 bits per heavy atom. The molecular weight excluding hydrogens is 434 g/mol. The van der Waals surface area contributed by atoms with E-state index in [-0.39, 0.29) is 5.69 Å². The Morgan fingerprint density at radius 1 is 1.00 bits per heavy atom. The molecule has 3 rings (SSSR count). The zero-order valence-corrected chi connectivity index (χ0v) is 20.4. The molecule has 0 bridgehead atoms. The monoisotopic (exact) mass is 468 g/mol. The number of halogens is 2. The third-order valence-corrected chi connectivity index (χ3v) is 6.16. The first-order chi connectivity index (χ1) is 16.1. The molecule has 182 valence electrons. The van der Waals surface area contributed by atoms with Crippen LogP contribution in [-0.4, -0.2) is 19.1 Å². The summed E-state index contributed by atoms with van der Waals surface area (Å²) in [5.41, 5.74) is 1.64. The van der Waals surface area contributed by atoms with E-state index in [2.05, 4.69) is 49.3 Å². The number of nitrogens with zero attached hydrogens (tertiary/aromatic N) is 2. The summed E-state index contributed by atoms with van der Waals surface area (Å²) < 4.78 is 27.3. The normalized spacial score (nSPS) is 14.8. The fourth-order valence-corrected chi connectivity index (χ4v) is 4.67. The summed E-state index contributed by atoms with van der Waals surface area (Å²) in [4.78, 5) is 15.1. The lowest BCUT2D eigenvalue weighted by Gasteiger charge is -2.32. The molecule has 2 N–H and O–H groups in total. The number of amides is 2. The van der Waals surface area contributed by atoms with Crippen LogP contribution in [0.2, 0.25) is 0 Å². The van der Waals surface area contributed by atoms with Crippen molar-refractivity contribution in [3.05, 3.63) is 53.6 Å². The van der Waals surface area contributed by atoms with Crippen LogP contribution in [0.3, 0.4) is 0 Å². The maximum absolute atomic E-state index is 14.1. The minimum atomic E-state index is -0.847. The average Bonchev–Trinajstić information content (AvgIpc) is 3.25. The van der Waals surface area contributed by atoms with Gasteiger partial charge < -0.3 is 15.5 Å². The number of nitriles is 1. The first-order valence-electron chi connectivity index (χ1n) is 12.0. The average molecular weight is 469 g/mol. The van der Waals surface area contributed by atoms with Gasteiger partial charge in [-0.1, -0.05) is 46.6 Å². The predicted octanol–water partition coefficient (Wildman–Crippen LogP) is 7.06. The largest absolute Gasteiger partial charge is 0.369 e. The molecule has 0 aromatic heterocycles. The zero-order chi connectivity index (χ0) is 24.9. The fraction of sp³-hybridized carbons (Fsp3) is 0.481. The Morgan fingerprint density at radius 3 is 2.18 bits per heavy atom. The van der Waals surface area contributed by atoms with E-state index >= 15 is 0 Å². The molecule has 0 unspecified atom stereocenters. The number of carbonyl (C=O) groups excluding carboxylic acids is 1. The minimum Gasteiger partial charge on any atom is -0.369 e. The molecule has 0 heterocycles. The second-order valence-electron chi connectivity index (χ2n) is 10.0. The fourth-order valence-electron chi connectivity index (χ4n) is 4.67. The summed E-state index contributed by atoms with van der Waals surface area (Å²) >= 11 is 0. The number of nitrogens with one attached hydrogen (secondary N) is 2. The van der Waals surface area contributed by atoms with Gasteiger partial charge in [0.15, 0.2) is 0 Å². The Hall–Kier alpha value is -3.14. The van der Waals surface area contributed by atoms with Crippen molar-refractivity contribution in [3.63, 3.8) is 0 Å². The maximum Gasteiger partial charge on any atom is 0.323 e. The van der Waals surface area contributed by atoms with Crippen molar-refractivity contribution in [2.45, 2.75) is 58.8 Å². The van der Waals surface area contributed by atoms with Gasteiger partial charge in [0, 0.05) is 19.2 Å². The number of benzene rings is 2. The van der Waals surface area contributed by atoms with Gasteiger partial charge in [-0.15, -0.1) is 0 Å². The number of rotatable bonds is 8. The molecule has 1 fully saturated rings. The van der Waals surface area contributed by atoms with E-state index in [0.29, 0.717) is 17.5 Å². The van der Waals surface area contributed by atoms with Crippen molar-refractivity contribution in [2.24, 2.45) is 11.8 Å². The number of hydrogen-bond acceptors (Lipinski definition) is 3. The molecule has 0 saturated heterocycles. The van der Waals surface area contributed by atoms with Crippen LogP contribution >= 0.6 is 0 Å². The highest BCUT2D eigenvalue weighted by molar-refractivity contribution is 6.02. The lowest BCUT2D eigenvalue weighted by atomic mass is 9.80. The summed E-state index contributed by atoms with van der Waals surface area (Å²) in [6, 6.07) is 10.8. The molecule has 0 atom stereocenters. The Bertz CT molecular complexity index is 1050. The van der Waals surface area contributed by atoms with Crippen molar-refractivity contribution >= 4 is 23.1 Å². The second-order valence-corrected chi connectivity index (χ2v) is 10.0. The topological polar surface area (TPSA) is 68.2 Å². The van der Waals surface area contributed by atoms with Gasteiger partial charge in [0.05, 0.1) is 28.5 Å². The van der Waals surface area contributed by atoms with Crippen molar-refractivity contribution in [3.8, 4) is 6.07 Å². The minimum absolute atomic E-state index is 0.109. The third-order valence-electron chi connectivity index (χ3n) is 6.16. The van der Waals surface area contributed by atoms with Gasteiger partial charge >= 0.3 is 6.03 Å². The van der Waals surface area contributed by atoms with Crippen LogP contribution in [-0.2, 0) is 5.41 Å². The Labute approximate surface area is 201 Å². The van der Waals surface area contributed by atoms with Gasteiger partial charge in [0.1, 0.15) is 11.6 Å². The number of urea groups is 1. The zero-order valence-electron chi connectivity index (χ0n) is 20.4. The van der Waals surface area contributed by atoms with E-state index in [1.165, 1.54) is 6.07 Å². The van der Waals surface area contributed by atoms with Gasteiger partial charge in [-0.25, -0.2) is 13.6 Å². The molecule has 1 aliphatic rings. The lowest BCUT2D eigenvalue weighted by molar-refractivity contribution is 0.262. The van der Waals surface area contributed by atoms with Crippen molar-refractivity contribution in [1.29, 1.82) is 5.26 Å². The molecular formula is C27H34F2N4O. The highest BCUT2D eigenvalue weighted by Gasteiger charge is 2.36. The molecule has 5 nitrogen and oxygen atoms in total. The summed E-state index contributed by atoms with van der Waals surface area (Å²) in [5.74, 6) is -0.767. The Balaban J connectivity index is 1.98. The van der Waals surface area contributed by atoms with E-state index in [1.54, 1.807) is 0 Å². The first-order valence-corrected chi connectivity index (χ1v) is 12.0. The van der Waals surface area contributed by atoms with Crippen LogP contribution in [0.25, 0.3) is 0 Å². The molecule has 2 aromatic rings. The van der Waals surface area contributed by atoms with Crippen LogP contribution in [0.1, 0.15) is 58.9 Å². The van der Waals surface area contributed by atoms with E-state index in [1.807, 2.05) is 18.2 Å².